The second kappa shape index (κ2) is 8.07. The number of amides is 2. The normalized spacial score (nSPS) is 17.1. The maximum atomic E-state index is 12.4. The van der Waals surface area contributed by atoms with Gasteiger partial charge in [0, 0.05) is 44.8 Å². The summed E-state index contributed by atoms with van der Waals surface area (Å²) < 4.78 is 0. The number of likely N-dealkylation sites (tertiary alicyclic amines) is 1. The molecule has 0 aliphatic carbocycles. The summed E-state index contributed by atoms with van der Waals surface area (Å²) >= 11 is 0. The number of carbonyl (C=O) groups excluding carboxylic acids is 1. The Hall–Kier alpha value is -2.47. The van der Waals surface area contributed by atoms with Crippen LogP contribution in [0.25, 0.3) is 0 Å². The number of pyridine rings is 2. The number of hydrogen-bond acceptors (Lipinski definition) is 4. The molecule has 6 nitrogen and oxygen atoms in total. The summed E-state index contributed by atoms with van der Waals surface area (Å²) in [6.07, 6.45) is 6.44. The van der Waals surface area contributed by atoms with Crippen LogP contribution in [0.4, 0.5) is 10.6 Å². The molecule has 1 aliphatic rings. The van der Waals surface area contributed by atoms with E-state index in [-0.39, 0.29) is 6.03 Å². The van der Waals surface area contributed by atoms with E-state index >= 15 is 0 Å². The molecule has 2 aromatic rings. The average Bonchev–Trinajstić information content (AvgIpc) is 3.04. The van der Waals surface area contributed by atoms with Crippen molar-refractivity contribution in [2.75, 3.05) is 32.0 Å². The molecule has 0 saturated carbocycles. The van der Waals surface area contributed by atoms with Gasteiger partial charge in [-0.1, -0.05) is 6.07 Å². The van der Waals surface area contributed by atoms with Crippen molar-refractivity contribution in [3.8, 4) is 0 Å². The van der Waals surface area contributed by atoms with Crippen LogP contribution in [0.15, 0.2) is 42.9 Å². The van der Waals surface area contributed by atoms with Gasteiger partial charge in [-0.3, -0.25) is 10.3 Å². The minimum absolute atomic E-state index is 0.0597. The lowest BCUT2D eigenvalue weighted by atomic mass is 10.1. The Bertz CT molecular complexity index is 706. The van der Waals surface area contributed by atoms with Crippen molar-refractivity contribution < 1.29 is 4.79 Å². The fourth-order valence-corrected chi connectivity index (χ4v) is 3.27. The summed E-state index contributed by atoms with van der Waals surface area (Å²) in [5.74, 6) is 1.11. The van der Waals surface area contributed by atoms with E-state index in [9.17, 15) is 4.79 Å². The fourth-order valence-electron chi connectivity index (χ4n) is 3.27. The van der Waals surface area contributed by atoms with Crippen LogP contribution in [0.1, 0.15) is 17.5 Å². The Kier molecular flexibility index (Phi) is 5.60. The molecule has 1 saturated heterocycles. The van der Waals surface area contributed by atoms with Gasteiger partial charge in [0.05, 0.1) is 0 Å². The van der Waals surface area contributed by atoms with Crippen LogP contribution in [-0.2, 0) is 6.54 Å². The summed E-state index contributed by atoms with van der Waals surface area (Å²) in [5, 5.41) is 2.89. The Balaban J connectivity index is 1.47. The van der Waals surface area contributed by atoms with Gasteiger partial charge in [0.1, 0.15) is 5.82 Å². The number of carbonyl (C=O) groups is 1. The van der Waals surface area contributed by atoms with Gasteiger partial charge in [0.15, 0.2) is 0 Å². The highest BCUT2D eigenvalue weighted by Gasteiger charge is 2.27. The first-order valence-corrected chi connectivity index (χ1v) is 8.66. The van der Waals surface area contributed by atoms with Crippen LogP contribution in [0.3, 0.4) is 0 Å². The van der Waals surface area contributed by atoms with Crippen molar-refractivity contribution >= 4 is 11.8 Å². The molecule has 3 rings (SSSR count). The van der Waals surface area contributed by atoms with Crippen LogP contribution >= 0.6 is 0 Å². The molecule has 132 valence electrons. The van der Waals surface area contributed by atoms with Gasteiger partial charge in [-0.15, -0.1) is 0 Å². The van der Waals surface area contributed by atoms with Crippen molar-refractivity contribution in [2.45, 2.75) is 19.9 Å². The van der Waals surface area contributed by atoms with Gasteiger partial charge < -0.3 is 9.80 Å². The average molecular weight is 339 g/mol. The van der Waals surface area contributed by atoms with Crippen molar-refractivity contribution in [1.82, 2.24) is 19.8 Å². The van der Waals surface area contributed by atoms with Crippen molar-refractivity contribution in [2.24, 2.45) is 5.92 Å². The number of nitrogens with zero attached hydrogens (tertiary/aromatic N) is 4. The predicted octanol–water partition coefficient (Wildman–Crippen LogP) is 2.77. The lowest BCUT2D eigenvalue weighted by molar-refractivity contribution is 0.216. The van der Waals surface area contributed by atoms with Crippen molar-refractivity contribution in [3.63, 3.8) is 0 Å². The second-order valence-corrected chi connectivity index (χ2v) is 6.81. The van der Waals surface area contributed by atoms with Gasteiger partial charge in [0.2, 0.25) is 0 Å². The molecule has 3 heterocycles. The van der Waals surface area contributed by atoms with Gasteiger partial charge in [-0.25, -0.2) is 9.78 Å². The number of nitrogens with one attached hydrogen (secondary N) is 1. The Morgan fingerprint density at radius 3 is 3.04 bits per heavy atom. The summed E-state index contributed by atoms with van der Waals surface area (Å²) in [5.41, 5.74) is 2.30. The first-order chi connectivity index (χ1) is 12.1. The molecule has 0 aromatic carbocycles. The van der Waals surface area contributed by atoms with E-state index in [1.54, 1.807) is 12.4 Å². The zero-order valence-electron chi connectivity index (χ0n) is 14.9. The van der Waals surface area contributed by atoms with Crippen LogP contribution in [0.5, 0.6) is 0 Å². The van der Waals surface area contributed by atoms with E-state index in [0.29, 0.717) is 11.7 Å². The van der Waals surface area contributed by atoms with E-state index < -0.39 is 0 Å². The molecule has 0 unspecified atom stereocenters. The first kappa shape index (κ1) is 17.4. The van der Waals surface area contributed by atoms with E-state index in [4.69, 9.17) is 0 Å². The number of anilines is 1. The van der Waals surface area contributed by atoms with Gasteiger partial charge in [0.25, 0.3) is 0 Å². The van der Waals surface area contributed by atoms with Crippen LogP contribution in [0.2, 0.25) is 0 Å². The molecule has 2 aromatic heterocycles. The minimum Gasteiger partial charge on any atom is -0.324 e. The molecular formula is C19H25N5O. The highest BCUT2D eigenvalue weighted by Crippen LogP contribution is 2.19. The van der Waals surface area contributed by atoms with Gasteiger partial charge in [-0.05, 0) is 55.6 Å². The number of rotatable bonds is 5. The Labute approximate surface area is 148 Å². The van der Waals surface area contributed by atoms with Crippen LogP contribution < -0.4 is 5.32 Å². The minimum atomic E-state index is -0.0597. The van der Waals surface area contributed by atoms with Crippen molar-refractivity contribution in [1.29, 1.82) is 0 Å². The monoisotopic (exact) mass is 339 g/mol. The zero-order chi connectivity index (χ0) is 17.6. The molecule has 2 amide bonds. The van der Waals surface area contributed by atoms with E-state index in [1.165, 1.54) is 5.56 Å². The highest BCUT2D eigenvalue weighted by atomic mass is 16.2. The quantitative estimate of drug-likeness (QED) is 0.910. The Morgan fingerprint density at radius 2 is 2.28 bits per heavy atom. The topological polar surface area (TPSA) is 61.4 Å². The maximum absolute atomic E-state index is 12.4. The van der Waals surface area contributed by atoms with E-state index in [2.05, 4.69) is 33.3 Å². The highest BCUT2D eigenvalue weighted by molar-refractivity contribution is 5.88. The molecule has 1 fully saturated rings. The predicted molar refractivity (Wildman–Crippen MR) is 98.2 cm³/mol. The molecule has 1 aliphatic heterocycles. The molecular weight excluding hydrogens is 314 g/mol. The van der Waals surface area contributed by atoms with E-state index in [1.807, 2.05) is 36.2 Å². The van der Waals surface area contributed by atoms with Gasteiger partial charge in [-0.2, -0.15) is 0 Å². The second-order valence-electron chi connectivity index (χ2n) is 6.81. The summed E-state index contributed by atoms with van der Waals surface area (Å²) in [4.78, 5) is 24.9. The molecule has 6 heteroatoms. The molecule has 0 spiro atoms. The first-order valence-electron chi connectivity index (χ1n) is 8.66. The molecule has 0 bridgehead atoms. The lowest BCUT2D eigenvalue weighted by Gasteiger charge is -2.21. The maximum Gasteiger partial charge on any atom is 0.323 e. The van der Waals surface area contributed by atoms with Crippen molar-refractivity contribution in [3.05, 3.63) is 54.0 Å². The standard InChI is InChI=1S/C19H25N5O/c1-15-5-8-21-18(10-15)22-19(25)24-9-6-17(14-24)13-23(2)12-16-4-3-7-20-11-16/h3-5,7-8,10-11,17H,6,9,12-14H2,1-2H3,(H,21,22,25)/t17-/m1/s1. The smallest absolute Gasteiger partial charge is 0.323 e. The SMILES string of the molecule is Cc1ccnc(NC(=O)N2CC[C@H](CN(C)Cc3cccnc3)C2)c1. The Morgan fingerprint density at radius 1 is 1.40 bits per heavy atom. The fraction of sp³-hybridized carbons (Fsp3) is 0.421. The lowest BCUT2D eigenvalue weighted by Crippen LogP contribution is -2.34. The van der Waals surface area contributed by atoms with Crippen LogP contribution in [0, 0.1) is 12.8 Å². The molecule has 1 atom stereocenters. The number of urea groups is 1. The molecule has 0 radical (unpaired) electrons. The number of hydrogen-bond donors (Lipinski definition) is 1. The molecule has 1 N–H and O–H groups in total. The summed E-state index contributed by atoms with van der Waals surface area (Å²) in [7, 11) is 2.12. The third-order valence-electron chi connectivity index (χ3n) is 4.47. The third-order valence-corrected chi connectivity index (χ3v) is 4.47. The molecule has 25 heavy (non-hydrogen) atoms. The number of aryl methyl sites for hydroxylation is 1. The van der Waals surface area contributed by atoms with E-state index in [0.717, 1.165) is 38.2 Å². The number of aromatic nitrogens is 2. The van der Waals surface area contributed by atoms with Crippen LogP contribution in [-0.4, -0.2) is 52.5 Å². The summed E-state index contributed by atoms with van der Waals surface area (Å²) in [6.45, 7) is 5.42. The summed E-state index contributed by atoms with van der Waals surface area (Å²) in [6, 6.07) is 7.79. The third kappa shape index (κ3) is 5.00. The largest absolute Gasteiger partial charge is 0.324 e. The van der Waals surface area contributed by atoms with Gasteiger partial charge >= 0.3 is 6.03 Å². The zero-order valence-corrected chi connectivity index (χ0v) is 14.9.